The zero-order valence-electron chi connectivity index (χ0n) is 13.1. The Balaban J connectivity index is 2.91. The van der Waals surface area contributed by atoms with E-state index in [0.29, 0.717) is 0 Å². The summed E-state index contributed by atoms with van der Waals surface area (Å²) in [6.45, 7) is 10.5. The van der Waals surface area contributed by atoms with E-state index in [1.54, 1.807) is 6.92 Å². The van der Waals surface area contributed by atoms with E-state index in [-0.39, 0.29) is 23.1 Å². The van der Waals surface area contributed by atoms with Crippen LogP contribution in [0.5, 0.6) is 0 Å². The van der Waals surface area contributed by atoms with Gasteiger partial charge in [-0.25, -0.2) is 8.42 Å². The van der Waals surface area contributed by atoms with Gasteiger partial charge in [-0.15, -0.1) is 6.58 Å². The Morgan fingerprint density at radius 3 is 2.60 bits per heavy atom. The Morgan fingerprint density at radius 2 is 2.10 bits per heavy atom. The highest BCUT2D eigenvalue weighted by atomic mass is 32.2. The molecule has 20 heavy (non-hydrogen) atoms. The fraction of sp³-hybridized carbons (Fsp3) is 0.800. The molecule has 0 unspecified atom stereocenters. The Morgan fingerprint density at radius 1 is 1.50 bits per heavy atom. The van der Waals surface area contributed by atoms with Gasteiger partial charge in [0.05, 0.1) is 5.75 Å². The van der Waals surface area contributed by atoms with E-state index in [9.17, 15) is 13.2 Å². The van der Waals surface area contributed by atoms with Gasteiger partial charge in [-0.3, -0.25) is 4.79 Å². The molecule has 1 rings (SSSR count). The van der Waals surface area contributed by atoms with Crippen LogP contribution in [0.25, 0.3) is 0 Å². The fourth-order valence-electron chi connectivity index (χ4n) is 3.13. The Labute approximate surface area is 123 Å². The average molecular weight is 301 g/mol. The fourth-order valence-corrected chi connectivity index (χ4v) is 4.18. The Kier molecular flexibility index (Phi) is 5.41. The lowest BCUT2D eigenvalue weighted by atomic mass is 9.74. The molecule has 1 fully saturated rings. The first kappa shape index (κ1) is 17.2. The van der Waals surface area contributed by atoms with Gasteiger partial charge >= 0.3 is 0 Å². The average Bonchev–Trinajstić information content (AvgIpc) is 2.28. The predicted molar refractivity (Wildman–Crippen MR) is 82.2 cm³/mol. The molecule has 0 saturated carbocycles. The highest BCUT2D eigenvalue weighted by Crippen LogP contribution is 2.37. The van der Waals surface area contributed by atoms with Crippen molar-refractivity contribution in [3.8, 4) is 0 Å². The van der Waals surface area contributed by atoms with E-state index in [0.717, 1.165) is 25.8 Å². The second-order valence-electron chi connectivity index (χ2n) is 6.66. The van der Waals surface area contributed by atoms with Gasteiger partial charge in [0.1, 0.15) is 9.84 Å². The van der Waals surface area contributed by atoms with Crippen LogP contribution in [-0.4, -0.2) is 43.8 Å². The zero-order chi connectivity index (χ0) is 15.6. The molecular formula is C15H27NO3S. The number of likely N-dealkylation sites (tertiary alicyclic amines) is 1. The molecule has 0 radical (unpaired) electrons. The topological polar surface area (TPSA) is 54.5 Å². The molecule has 0 spiro atoms. The second kappa shape index (κ2) is 6.29. The highest BCUT2D eigenvalue weighted by Gasteiger charge is 2.40. The number of amides is 1. The van der Waals surface area contributed by atoms with Gasteiger partial charge < -0.3 is 4.90 Å². The zero-order valence-corrected chi connectivity index (χ0v) is 13.9. The van der Waals surface area contributed by atoms with E-state index < -0.39 is 15.8 Å². The number of sulfone groups is 1. The molecule has 0 aromatic carbocycles. The number of piperidine rings is 1. The van der Waals surface area contributed by atoms with Crippen LogP contribution in [0.4, 0.5) is 0 Å². The highest BCUT2D eigenvalue weighted by molar-refractivity contribution is 7.90. The van der Waals surface area contributed by atoms with E-state index >= 15 is 0 Å². The molecular weight excluding hydrogens is 274 g/mol. The van der Waals surface area contributed by atoms with Crippen molar-refractivity contribution in [2.75, 3.05) is 18.6 Å². The lowest BCUT2D eigenvalue weighted by Crippen LogP contribution is -2.54. The van der Waals surface area contributed by atoms with Crippen molar-refractivity contribution in [3.63, 3.8) is 0 Å². The molecule has 1 heterocycles. The van der Waals surface area contributed by atoms with Crippen LogP contribution in [0.1, 0.15) is 40.0 Å². The molecule has 0 aromatic rings. The molecule has 0 aromatic heterocycles. The van der Waals surface area contributed by atoms with E-state index in [1.165, 1.54) is 6.26 Å². The van der Waals surface area contributed by atoms with Gasteiger partial charge in [-0.1, -0.05) is 26.8 Å². The van der Waals surface area contributed by atoms with Crippen molar-refractivity contribution in [1.82, 2.24) is 4.90 Å². The standard InChI is InChI=1S/C15H27NO3S/c1-6-8-13-15(3,4)9-7-10-16(13)14(17)12(2)11-20(5,18)19/h6,12-13H,1,7-11H2,2-5H3/t12-,13-/m1/s1. The summed E-state index contributed by atoms with van der Waals surface area (Å²) >= 11 is 0. The third-order valence-corrected chi connectivity index (χ3v) is 5.25. The van der Waals surface area contributed by atoms with E-state index in [2.05, 4.69) is 20.4 Å². The van der Waals surface area contributed by atoms with Gasteiger partial charge in [0.15, 0.2) is 0 Å². The molecule has 2 atom stereocenters. The Hall–Kier alpha value is -0.840. The van der Waals surface area contributed by atoms with Gasteiger partial charge in [0, 0.05) is 24.8 Å². The summed E-state index contributed by atoms with van der Waals surface area (Å²) < 4.78 is 22.8. The van der Waals surface area contributed by atoms with Crippen LogP contribution in [0.3, 0.4) is 0 Å². The van der Waals surface area contributed by atoms with Crippen LogP contribution >= 0.6 is 0 Å². The maximum Gasteiger partial charge on any atom is 0.226 e. The molecule has 1 saturated heterocycles. The van der Waals surface area contributed by atoms with Crippen LogP contribution in [-0.2, 0) is 14.6 Å². The van der Waals surface area contributed by atoms with Crippen LogP contribution < -0.4 is 0 Å². The summed E-state index contributed by atoms with van der Waals surface area (Å²) in [5.41, 5.74) is 0.0485. The second-order valence-corrected chi connectivity index (χ2v) is 8.84. The van der Waals surface area contributed by atoms with Gasteiger partial charge in [-0.2, -0.15) is 0 Å². The van der Waals surface area contributed by atoms with Gasteiger partial charge in [0.2, 0.25) is 5.91 Å². The number of nitrogens with zero attached hydrogens (tertiary/aromatic N) is 1. The lowest BCUT2D eigenvalue weighted by Gasteiger charge is -2.47. The number of carbonyl (C=O) groups is 1. The third-order valence-electron chi connectivity index (χ3n) is 4.15. The first-order chi connectivity index (χ1) is 9.08. The van der Waals surface area contributed by atoms with E-state index in [4.69, 9.17) is 0 Å². The maximum absolute atomic E-state index is 12.6. The number of rotatable bonds is 5. The summed E-state index contributed by atoms with van der Waals surface area (Å²) in [6, 6.07) is 0.114. The minimum Gasteiger partial charge on any atom is -0.339 e. The van der Waals surface area contributed by atoms with E-state index in [1.807, 2.05) is 11.0 Å². The number of hydrogen-bond donors (Lipinski definition) is 0. The molecule has 1 aliphatic rings. The summed E-state index contributed by atoms with van der Waals surface area (Å²) in [6.07, 6.45) is 5.83. The SMILES string of the molecule is C=CC[C@H]1N(C(=O)[C@H](C)CS(C)(=O)=O)CCCC1(C)C. The third kappa shape index (κ3) is 4.33. The maximum atomic E-state index is 12.6. The summed E-state index contributed by atoms with van der Waals surface area (Å²) in [7, 11) is -3.13. The summed E-state index contributed by atoms with van der Waals surface area (Å²) in [5, 5.41) is 0. The predicted octanol–water partition coefficient (Wildman–Crippen LogP) is 2.26. The van der Waals surface area contributed by atoms with Crippen LogP contribution in [0.15, 0.2) is 12.7 Å². The van der Waals surface area contributed by atoms with Crippen LogP contribution in [0, 0.1) is 11.3 Å². The largest absolute Gasteiger partial charge is 0.339 e. The number of carbonyl (C=O) groups excluding carboxylic acids is 1. The molecule has 4 nitrogen and oxygen atoms in total. The molecule has 0 aliphatic carbocycles. The monoisotopic (exact) mass is 301 g/mol. The van der Waals surface area contributed by atoms with Crippen molar-refractivity contribution in [1.29, 1.82) is 0 Å². The molecule has 116 valence electrons. The quantitative estimate of drug-likeness (QED) is 0.732. The van der Waals surface area contributed by atoms with Crippen molar-refractivity contribution < 1.29 is 13.2 Å². The van der Waals surface area contributed by atoms with Crippen molar-refractivity contribution in [2.24, 2.45) is 11.3 Å². The van der Waals surface area contributed by atoms with Crippen molar-refractivity contribution >= 4 is 15.7 Å². The molecule has 5 heteroatoms. The normalized spacial score (nSPS) is 24.2. The first-order valence-corrected chi connectivity index (χ1v) is 9.23. The molecule has 1 amide bonds. The molecule has 0 N–H and O–H groups in total. The first-order valence-electron chi connectivity index (χ1n) is 7.17. The lowest BCUT2D eigenvalue weighted by molar-refractivity contribution is -0.142. The Bertz CT molecular complexity index is 468. The molecule has 1 aliphatic heterocycles. The van der Waals surface area contributed by atoms with Crippen molar-refractivity contribution in [3.05, 3.63) is 12.7 Å². The smallest absolute Gasteiger partial charge is 0.226 e. The minimum atomic E-state index is -3.13. The number of hydrogen-bond acceptors (Lipinski definition) is 3. The van der Waals surface area contributed by atoms with Crippen LogP contribution in [0.2, 0.25) is 0 Å². The molecule has 0 bridgehead atoms. The minimum absolute atomic E-state index is 0.0462. The van der Waals surface area contributed by atoms with Crippen molar-refractivity contribution in [2.45, 2.75) is 46.1 Å². The summed E-state index contributed by atoms with van der Waals surface area (Å²) in [4.78, 5) is 14.5. The summed E-state index contributed by atoms with van der Waals surface area (Å²) in [5.74, 6) is -0.606. The van der Waals surface area contributed by atoms with Gasteiger partial charge in [0.25, 0.3) is 0 Å². The van der Waals surface area contributed by atoms with Gasteiger partial charge in [-0.05, 0) is 24.7 Å².